The molecule has 0 aliphatic carbocycles. The first-order valence-corrected chi connectivity index (χ1v) is 6.64. The number of aromatic nitrogens is 2. The number of fused-ring (bicyclic) bond motifs is 1. The number of hydrogen-bond donors (Lipinski definition) is 1. The van der Waals surface area contributed by atoms with Gasteiger partial charge in [0, 0.05) is 19.4 Å². The number of carboxylic acid groups (broad SMARTS) is 1. The molecule has 0 amide bonds. The SMILES string of the molecule is CC(=O)CCn1c(CCC(=O)O)nc2cc(C)ccc21. The third kappa shape index (κ3) is 3.23. The summed E-state index contributed by atoms with van der Waals surface area (Å²) in [6.07, 6.45) is 0.850. The molecule has 0 spiro atoms. The van der Waals surface area contributed by atoms with Gasteiger partial charge in [0.1, 0.15) is 11.6 Å². The first-order chi connectivity index (χ1) is 9.47. The standard InChI is InChI=1S/C15H18N2O3/c1-10-3-4-13-12(9-10)16-14(5-6-15(19)20)17(13)8-7-11(2)18/h3-4,9H,5-8H2,1-2H3,(H,19,20). The Kier molecular flexibility index (Phi) is 4.17. The number of ketones is 1. The van der Waals surface area contributed by atoms with Gasteiger partial charge in [0.05, 0.1) is 17.5 Å². The van der Waals surface area contributed by atoms with Crippen molar-refractivity contribution >= 4 is 22.8 Å². The van der Waals surface area contributed by atoms with Gasteiger partial charge >= 0.3 is 5.97 Å². The fourth-order valence-corrected chi connectivity index (χ4v) is 2.22. The highest BCUT2D eigenvalue weighted by atomic mass is 16.4. The topological polar surface area (TPSA) is 72.2 Å². The maximum absolute atomic E-state index is 11.2. The minimum atomic E-state index is -0.841. The Hall–Kier alpha value is -2.17. The summed E-state index contributed by atoms with van der Waals surface area (Å²) in [6, 6.07) is 5.95. The number of carbonyl (C=O) groups is 2. The summed E-state index contributed by atoms with van der Waals surface area (Å²) in [5, 5.41) is 8.81. The molecule has 5 heteroatoms. The Bertz CT molecular complexity index is 658. The van der Waals surface area contributed by atoms with Crippen molar-refractivity contribution in [2.75, 3.05) is 0 Å². The maximum Gasteiger partial charge on any atom is 0.303 e. The van der Waals surface area contributed by atoms with Gasteiger partial charge in [-0.05, 0) is 31.5 Å². The van der Waals surface area contributed by atoms with Crippen molar-refractivity contribution in [2.24, 2.45) is 0 Å². The van der Waals surface area contributed by atoms with Crippen LogP contribution in [0.2, 0.25) is 0 Å². The number of carboxylic acids is 1. The third-order valence-electron chi connectivity index (χ3n) is 3.23. The van der Waals surface area contributed by atoms with Gasteiger partial charge in [-0.2, -0.15) is 0 Å². The molecule has 1 aromatic heterocycles. The summed E-state index contributed by atoms with van der Waals surface area (Å²) < 4.78 is 1.96. The van der Waals surface area contributed by atoms with Crippen LogP contribution >= 0.6 is 0 Å². The van der Waals surface area contributed by atoms with E-state index < -0.39 is 5.97 Å². The second kappa shape index (κ2) is 5.86. The number of aryl methyl sites for hydroxylation is 3. The van der Waals surface area contributed by atoms with Crippen LogP contribution in [-0.2, 0) is 22.6 Å². The monoisotopic (exact) mass is 274 g/mol. The van der Waals surface area contributed by atoms with Crippen molar-refractivity contribution in [3.63, 3.8) is 0 Å². The van der Waals surface area contributed by atoms with E-state index in [0.717, 1.165) is 22.4 Å². The molecule has 1 heterocycles. The van der Waals surface area contributed by atoms with Crippen LogP contribution in [0.15, 0.2) is 18.2 Å². The van der Waals surface area contributed by atoms with E-state index in [-0.39, 0.29) is 12.2 Å². The Labute approximate surface area is 117 Å². The molecule has 0 saturated heterocycles. The summed E-state index contributed by atoms with van der Waals surface area (Å²) in [7, 11) is 0. The van der Waals surface area contributed by atoms with Crippen molar-refractivity contribution in [3.8, 4) is 0 Å². The highest BCUT2D eigenvalue weighted by molar-refractivity contribution is 5.78. The van der Waals surface area contributed by atoms with Crippen LogP contribution in [-0.4, -0.2) is 26.4 Å². The smallest absolute Gasteiger partial charge is 0.303 e. The molecule has 0 aliphatic rings. The predicted molar refractivity (Wildman–Crippen MR) is 75.7 cm³/mol. The molecule has 1 aromatic carbocycles. The lowest BCUT2D eigenvalue weighted by Gasteiger charge is -2.07. The molecule has 0 bridgehead atoms. The molecule has 0 radical (unpaired) electrons. The lowest BCUT2D eigenvalue weighted by Crippen LogP contribution is -2.09. The lowest BCUT2D eigenvalue weighted by molar-refractivity contribution is -0.137. The highest BCUT2D eigenvalue weighted by Gasteiger charge is 2.12. The summed E-state index contributed by atoms with van der Waals surface area (Å²) >= 11 is 0. The van der Waals surface area contributed by atoms with E-state index in [1.54, 1.807) is 6.92 Å². The van der Waals surface area contributed by atoms with Crippen molar-refractivity contribution in [2.45, 2.75) is 39.7 Å². The van der Waals surface area contributed by atoms with Crippen molar-refractivity contribution in [1.29, 1.82) is 0 Å². The van der Waals surface area contributed by atoms with Gasteiger partial charge in [-0.3, -0.25) is 9.59 Å². The fourth-order valence-electron chi connectivity index (χ4n) is 2.22. The van der Waals surface area contributed by atoms with Gasteiger partial charge in [0.25, 0.3) is 0 Å². The van der Waals surface area contributed by atoms with E-state index >= 15 is 0 Å². The zero-order valence-corrected chi connectivity index (χ0v) is 11.7. The fraction of sp³-hybridized carbons (Fsp3) is 0.400. The van der Waals surface area contributed by atoms with Gasteiger partial charge in [-0.1, -0.05) is 6.07 Å². The van der Waals surface area contributed by atoms with Crippen LogP contribution in [0.4, 0.5) is 0 Å². The van der Waals surface area contributed by atoms with Crippen molar-refractivity contribution in [1.82, 2.24) is 9.55 Å². The molecule has 2 rings (SSSR count). The molecule has 1 N–H and O–H groups in total. The van der Waals surface area contributed by atoms with Crippen LogP contribution in [0.3, 0.4) is 0 Å². The quantitative estimate of drug-likeness (QED) is 0.877. The molecule has 2 aromatic rings. The first-order valence-electron chi connectivity index (χ1n) is 6.64. The van der Waals surface area contributed by atoms with Gasteiger partial charge in [-0.25, -0.2) is 4.98 Å². The number of benzene rings is 1. The number of imidazole rings is 1. The molecule has 0 fully saturated rings. The molecular weight excluding hydrogens is 256 g/mol. The third-order valence-corrected chi connectivity index (χ3v) is 3.23. The normalized spacial score (nSPS) is 10.9. The van der Waals surface area contributed by atoms with E-state index in [0.29, 0.717) is 19.4 Å². The van der Waals surface area contributed by atoms with Gasteiger partial charge < -0.3 is 9.67 Å². The van der Waals surface area contributed by atoms with E-state index in [1.807, 2.05) is 29.7 Å². The summed E-state index contributed by atoms with van der Waals surface area (Å²) in [4.78, 5) is 26.4. The van der Waals surface area contributed by atoms with Crippen LogP contribution in [0.25, 0.3) is 11.0 Å². The lowest BCUT2D eigenvalue weighted by atomic mass is 10.2. The molecule has 20 heavy (non-hydrogen) atoms. The Morgan fingerprint density at radius 3 is 2.70 bits per heavy atom. The van der Waals surface area contributed by atoms with Crippen molar-refractivity contribution in [3.05, 3.63) is 29.6 Å². The first kappa shape index (κ1) is 14.2. The number of nitrogens with zero attached hydrogens (tertiary/aromatic N) is 2. The zero-order valence-electron chi connectivity index (χ0n) is 11.7. The molecule has 106 valence electrons. The molecular formula is C15H18N2O3. The zero-order chi connectivity index (χ0) is 14.7. The Morgan fingerprint density at radius 2 is 2.05 bits per heavy atom. The minimum Gasteiger partial charge on any atom is -0.481 e. The summed E-state index contributed by atoms with van der Waals surface area (Å²) in [6.45, 7) is 4.09. The van der Waals surface area contributed by atoms with E-state index in [4.69, 9.17) is 5.11 Å². The average molecular weight is 274 g/mol. The van der Waals surface area contributed by atoms with E-state index in [2.05, 4.69) is 4.98 Å². The molecule has 0 saturated carbocycles. The van der Waals surface area contributed by atoms with Gasteiger partial charge in [-0.15, -0.1) is 0 Å². The maximum atomic E-state index is 11.2. The largest absolute Gasteiger partial charge is 0.481 e. The number of rotatable bonds is 6. The molecule has 0 unspecified atom stereocenters. The number of Topliss-reactive ketones (excluding diaryl/α,β-unsaturated/α-hetero) is 1. The second-order valence-corrected chi connectivity index (χ2v) is 5.02. The predicted octanol–water partition coefficient (Wildman–Crippen LogP) is 2.34. The minimum absolute atomic E-state index is 0.0440. The van der Waals surface area contributed by atoms with E-state index in [9.17, 15) is 9.59 Å². The van der Waals surface area contributed by atoms with Crippen LogP contribution in [0.1, 0.15) is 31.2 Å². The second-order valence-electron chi connectivity index (χ2n) is 5.02. The Morgan fingerprint density at radius 1 is 1.30 bits per heavy atom. The average Bonchev–Trinajstić information content (AvgIpc) is 2.70. The van der Waals surface area contributed by atoms with E-state index in [1.165, 1.54) is 0 Å². The number of carbonyl (C=O) groups excluding carboxylic acids is 1. The van der Waals surface area contributed by atoms with Crippen molar-refractivity contribution < 1.29 is 14.7 Å². The molecule has 5 nitrogen and oxygen atoms in total. The Balaban J connectivity index is 2.39. The number of aliphatic carboxylic acids is 1. The highest BCUT2D eigenvalue weighted by Crippen LogP contribution is 2.19. The molecule has 0 atom stereocenters. The number of hydrogen-bond acceptors (Lipinski definition) is 3. The van der Waals surface area contributed by atoms with Gasteiger partial charge in [0.2, 0.25) is 0 Å². The van der Waals surface area contributed by atoms with Crippen LogP contribution in [0, 0.1) is 6.92 Å². The van der Waals surface area contributed by atoms with Crippen LogP contribution < -0.4 is 0 Å². The summed E-state index contributed by atoms with van der Waals surface area (Å²) in [5.74, 6) is 0.00347. The summed E-state index contributed by atoms with van der Waals surface area (Å²) in [5.41, 5.74) is 2.92. The van der Waals surface area contributed by atoms with Gasteiger partial charge in [0.15, 0.2) is 0 Å². The molecule has 0 aliphatic heterocycles. The van der Waals surface area contributed by atoms with Crippen LogP contribution in [0.5, 0.6) is 0 Å².